The minimum atomic E-state index is -0.280. The van der Waals surface area contributed by atoms with Crippen molar-refractivity contribution in [1.29, 1.82) is 0 Å². The van der Waals surface area contributed by atoms with Crippen molar-refractivity contribution in [3.63, 3.8) is 0 Å². The average Bonchev–Trinajstić information content (AvgIpc) is 2.86. The molecule has 1 saturated heterocycles. The van der Waals surface area contributed by atoms with Crippen LogP contribution in [0.15, 0.2) is 18.2 Å². The molecule has 112 valence electrons. The van der Waals surface area contributed by atoms with Crippen LogP contribution in [0.25, 0.3) is 0 Å². The lowest BCUT2D eigenvalue weighted by Crippen LogP contribution is -2.27. The lowest BCUT2D eigenvalue weighted by atomic mass is 10.0. The summed E-state index contributed by atoms with van der Waals surface area (Å²) in [5.74, 6) is 0.117. The number of rotatable bonds is 5. The van der Waals surface area contributed by atoms with Crippen LogP contribution in [0.1, 0.15) is 32.8 Å². The highest BCUT2D eigenvalue weighted by atomic mass is 19.1. The monoisotopic (exact) mass is 280 g/mol. The van der Waals surface area contributed by atoms with E-state index in [4.69, 9.17) is 0 Å². The first-order chi connectivity index (χ1) is 9.47. The Kier molecular flexibility index (Phi) is 5.00. The van der Waals surface area contributed by atoms with E-state index in [9.17, 15) is 9.50 Å². The fraction of sp³-hybridized carbons (Fsp3) is 0.625. The van der Waals surface area contributed by atoms with Crippen molar-refractivity contribution >= 4 is 5.69 Å². The van der Waals surface area contributed by atoms with Gasteiger partial charge in [0.05, 0.1) is 6.10 Å². The van der Waals surface area contributed by atoms with Gasteiger partial charge in [-0.2, -0.15) is 0 Å². The van der Waals surface area contributed by atoms with Gasteiger partial charge in [0.25, 0.3) is 0 Å². The molecule has 0 saturated carbocycles. The van der Waals surface area contributed by atoms with Crippen molar-refractivity contribution in [2.45, 2.75) is 45.9 Å². The Morgan fingerprint density at radius 2 is 2.15 bits per heavy atom. The van der Waals surface area contributed by atoms with Crippen LogP contribution in [0.4, 0.5) is 10.1 Å². The smallest absolute Gasteiger partial charge is 0.123 e. The van der Waals surface area contributed by atoms with Gasteiger partial charge in [-0.3, -0.25) is 0 Å². The molecule has 0 radical (unpaired) electrons. The normalized spacial score (nSPS) is 20.7. The highest BCUT2D eigenvalue weighted by molar-refractivity contribution is 5.54. The number of aliphatic hydroxyl groups excluding tert-OH is 1. The molecule has 2 N–H and O–H groups in total. The van der Waals surface area contributed by atoms with Crippen LogP contribution < -0.4 is 10.2 Å². The van der Waals surface area contributed by atoms with Gasteiger partial charge in [0.1, 0.15) is 5.82 Å². The summed E-state index contributed by atoms with van der Waals surface area (Å²) >= 11 is 0. The van der Waals surface area contributed by atoms with Gasteiger partial charge in [0.15, 0.2) is 0 Å². The summed E-state index contributed by atoms with van der Waals surface area (Å²) in [4.78, 5) is 2.26. The lowest BCUT2D eigenvalue weighted by molar-refractivity contribution is 0.136. The molecule has 3 nitrogen and oxygen atoms in total. The zero-order valence-electron chi connectivity index (χ0n) is 12.6. The summed E-state index contributed by atoms with van der Waals surface area (Å²) in [5, 5.41) is 13.1. The van der Waals surface area contributed by atoms with E-state index < -0.39 is 0 Å². The van der Waals surface area contributed by atoms with E-state index in [1.54, 1.807) is 6.07 Å². The molecule has 1 aliphatic heterocycles. The number of halogens is 1. The number of hydrogen-bond donors (Lipinski definition) is 2. The maximum Gasteiger partial charge on any atom is 0.123 e. The summed E-state index contributed by atoms with van der Waals surface area (Å²) in [7, 11) is 0. The molecule has 0 amide bonds. The second-order valence-corrected chi connectivity index (χ2v) is 6.04. The van der Waals surface area contributed by atoms with Gasteiger partial charge >= 0.3 is 0 Å². The largest absolute Gasteiger partial charge is 0.393 e. The van der Waals surface area contributed by atoms with Gasteiger partial charge < -0.3 is 15.3 Å². The molecule has 2 atom stereocenters. The number of anilines is 1. The predicted octanol–water partition coefficient (Wildman–Crippen LogP) is 2.53. The van der Waals surface area contributed by atoms with E-state index in [0.717, 1.165) is 30.8 Å². The van der Waals surface area contributed by atoms with Crippen LogP contribution in [0.3, 0.4) is 0 Å². The van der Waals surface area contributed by atoms with Crippen LogP contribution in [0.2, 0.25) is 0 Å². The summed E-state index contributed by atoms with van der Waals surface area (Å²) in [5.41, 5.74) is 2.08. The predicted molar refractivity (Wildman–Crippen MR) is 80.4 cm³/mol. The van der Waals surface area contributed by atoms with Crippen LogP contribution in [-0.2, 0) is 6.54 Å². The van der Waals surface area contributed by atoms with E-state index in [0.29, 0.717) is 18.5 Å². The van der Waals surface area contributed by atoms with Crippen molar-refractivity contribution in [3.05, 3.63) is 29.6 Å². The van der Waals surface area contributed by atoms with Crippen molar-refractivity contribution in [1.82, 2.24) is 5.32 Å². The van der Waals surface area contributed by atoms with Crippen LogP contribution in [-0.4, -0.2) is 30.3 Å². The Labute approximate surface area is 120 Å². The van der Waals surface area contributed by atoms with E-state index in [1.807, 2.05) is 13.0 Å². The molecule has 0 bridgehead atoms. The Bertz CT molecular complexity index is 448. The third-order valence-electron chi connectivity index (χ3n) is 3.99. The first kappa shape index (κ1) is 15.3. The summed E-state index contributed by atoms with van der Waals surface area (Å²) in [6.45, 7) is 8.45. The topological polar surface area (TPSA) is 35.5 Å². The SMILES string of the molecule is CC(C)NCc1cc(F)ccc1N1CCC(C(C)O)C1. The Morgan fingerprint density at radius 3 is 2.75 bits per heavy atom. The van der Waals surface area contributed by atoms with Gasteiger partial charge in [-0.1, -0.05) is 13.8 Å². The van der Waals surface area contributed by atoms with Crippen LogP contribution in [0.5, 0.6) is 0 Å². The minimum absolute atomic E-state index is 0.194. The highest BCUT2D eigenvalue weighted by Crippen LogP contribution is 2.29. The number of aliphatic hydroxyl groups is 1. The second-order valence-electron chi connectivity index (χ2n) is 6.04. The maximum absolute atomic E-state index is 13.5. The maximum atomic E-state index is 13.5. The van der Waals surface area contributed by atoms with E-state index in [2.05, 4.69) is 24.1 Å². The first-order valence-electron chi connectivity index (χ1n) is 7.42. The molecule has 1 fully saturated rings. The molecule has 1 aliphatic rings. The second kappa shape index (κ2) is 6.55. The molecule has 0 aromatic heterocycles. The highest BCUT2D eigenvalue weighted by Gasteiger charge is 2.27. The standard InChI is InChI=1S/C16H25FN2O/c1-11(2)18-9-14-8-15(17)4-5-16(14)19-7-6-13(10-19)12(3)20/h4-5,8,11-13,18,20H,6-7,9-10H2,1-3H3. The molecule has 20 heavy (non-hydrogen) atoms. The van der Waals surface area contributed by atoms with Crippen molar-refractivity contribution < 1.29 is 9.50 Å². The molecule has 2 rings (SSSR count). The summed E-state index contributed by atoms with van der Waals surface area (Å²) < 4.78 is 13.5. The van der Waals surface area contributed by atoms with E-state index in [1.165, 1.54) is 6.07 Å². The van der Waals surface area contributed by atoms with Crippen LogP contribution >= 0.6 is 0 Å². The lowest BCUT2D eigenvalue weighted by Gasteiger charge is -2.23. The Balaban J connectivity index is 2.14. The van der Waals surface area contributed by atoms with E-state index in [-0.39, 0.29) is 11.9 Å². The number of nitrogens with one attached hydrogen (secondary N) is 1. The third kappa shape index (κ3) is 3.70. The van der Waals surface area contributed by atoms with Gasteiger partial charge in [0, 0.05) is 37.3 Å². The fourth-order valence-corrected chi connectivity index (χ4v) is 2.72. The molecule has 0 spiro atoms. The molecular formula is C16H25FN2O. The van der Waals surface area contributed by atoms with Crippen molar-refractivity contribution in [2.24, 2.45) is 5.92 Å². The van der Waals surface area contributed by atoms with Gasteiger partial charge in [-0.15, -0.1) is 0 Å². The van der Waals surface area contributed by atoms with Gasteiger partial charge in [0.2, 0.25) is 0 Å². The molecule has 2 unspecified atom stereocenters. The Morgan fingerprint density at radius 1 is 1.40 bits per heavy atom. The molecule has 1 aromatic carbocycles. The third-order valence-corrected chi connectivity index (χ3v) is 3.99. The molecule has 1 aromatic rings. The quantitative estimate of drug-likeness (QED) is 0.870. The fourth-order valence-electron chi connectivity index (χ4n) is 2.72. The molecule has 4 heteroatoms. The minimum Gasteiger partial charge on any atom is -0.393 e. The number of benzene rings is 1. The zero-order chi connectivity index (χ0) is 14.7. The summed E-state index contributed by atoms with van der Waals surface area (Å²) in [6, 6.07) is 5.36. The molecule has 1 heterocycles. The number of hydrogen-bond acceptors (Lipinski definition) is 3. The average molecular weight is 280 g/mol. The first-order valence-corrected chi connectivity index (χ1v) is 7.42. The number of nitrogens with zero attached hydrogens (tertiary/aromatic N) is 1. The van der Waals surface area contributed by atoms with Crippen LogP contribution in [0, 0.1) is 11.7 Å². The van der Waals surface area contributed by atoms with Crippen molar-refractivity contribution in [3.8, 4) is 0 Å². The molecular weight excluding hydrogens is 255 g/mol. The zero-order valence-corrected chi connectivity index (χ0v) is 12.6. The van der Waals surface area contributed by atoms with E-state index >= 15 is 0 Å². The van der Waals surface area contributed by atoms with Gasteiger partial charge in [-0.05, 0) is 37.1 Å². The Hall–Kier alpha value is -1.13. The van der Waals surface area contributed by atoms with Crippen molar-refractivity contribution in [2.75, 3.05) is 18.0 Å². The summed E-state index contributed by atoms with van der Waals surface area (Å²) in [6.07, 6.45) is 0.712. The molecule has 0 aliphatic carbocycles. The van der Waals surface area contributed by atoms with Gasteiger partial charge in [-0.25, -0.2) is 4.39 Å².